The van der Waals surface area contributed by atoms with Crippen LogP contribution in [-0.2, 0) is 54.2 Å². The van der Waals surface area contributed by atoms with Gasteiger partial charge in [-0.25, -0.2) is 9.59 Å². The highest BCUT2D eigenvalue weighted by Crippen LogP contribution is 2.26. The van der Waals surface area contributed by atoms with Crippen LogP contribution < -0.4 is 16.0 Å². The normalized spacial score (nSPS) is 28.0. The summed E-state index contributed by atoms with van der Waals surface area (Å²) >= 11 is 1.46. The van der Waals surface area contributed by atoms with Crippen molar-refractivity contribution in [2.75, 3.05) is 32.8 Å². The monoisotopic (exact) mass is 885 g/mol. The Kier molecular flexibility index (Phi) is 22.5. The van der Waals surface area contributed by atoms with E-state index in [-0.39, 0.29) is 36.7 Å². The summed E-state index contributed by atoms with van der Waals surface area (Å²) in [6.45, 7) is 17.1. The first-order chi connectivity index (χ1) is 29.2. The van der Waals surface area contributed by atoms with Gasteiger partial charge in [0.15, 0.2) is 6.10 Å². The summed E-state index contributed by atoms with van der Waals surface area (Å²) in [5.74, 6) is -5.02. The van der Waals surface area contributed by atoms with Crippen molar-refractivity contribution in [3.05, 3.63) is 59.2 Å². The number of hydrogen-bond acceptors (Lipinski definition) is 11. The summed E-state index contributed by atoms with van der Waals surface area (Å²) in [4.78, 5) is 99.0. The maximum atomic E-state index is 14.2. The van der Waals surface area contributed by atoms with Gasteiger partial charge in [0.1, 0.15) is 30.3 Å². The van der Waals surface area contributed by atoms with Gasteiger partial charge in [0.2, 0.25) is 23.6 Å². The number of carbonyl (C=O) groups is 7. The van der Waals surface area contributed by atoms with Gasteiger partial charge in [0.05, 0.1) is 18.6 Å². The maximum Gasteiger partial charge on any atom is 0.334 e. The molecular formula is C46H71N5O10S. The second kappa shape index (κ2) is 26.0. The molecule has 1 aromatic carbocycles. The molecule has 346 valence electrons. The maximum absolute atomic E-state index is 14.2. The van der Waals surface area contributed by atoms with E-state index < -0.39 is 96.4 Å². The molecule has 16 heteroatoms. The first kappa shape index (κ1) is 53.4. The second-order valence-corrected chi connectivity index (χ2v) is 17.6. The standard InChI is InChI=1S/C46H71N5O10S/c1-14-28(5)39-42(54)48-33(10)46(58)61-40(29(6)15-2)31(8)36(59-26-62-13)22-21-30(7)45(57)60-37(23-27(3)4)41(53)47-32(9)43(55)51(12)35(24-34-19-17-16-18-20-34)44(56)50(11)25-38(52)49-39/h15-21,27-28,31-33,35-37,39-40H,14,22-26H2,1-13H3,(H,47,53)(H,48,54)(H,49,52)/b29-15+,30-21+/t28?,31-,32-,33+,35+,36-,37?,39-,40+/m0/s1. The number of esters is 2. The number of ether oxygens (including phenoxy) is 3. The Balaban J connectivity index is 2.68. The summed E-state index contributed by atoms with van der Waals surface area (Å²) in [7, 11) is 2.88. The molecule has 2 unspecified atom stereocenters. The molecule has 0 radical (unpaired) electrons. The Morgan fingerprint density at radius 2 is 1.55 bits per heavy atom. The molecule has 1 aliphatic rings. The number of likely N-dealkylation sites (N-methyl/N-ethyl adjacent to an activating group) is 2. The van der Waals surface area contributed by atoms with Crippen LogP contribution in [0.2, 0.25) is 0 Å². The smallest absolute Gasteiger partial charge is 0.334 e. The Hall–Kier alpha value is -4.70. The van der Waals surface area contributed by atoms with Crippen molar-refractivity contribution in [3.8, 4) is 0 Å². The average Bonchev–Trinajstić information content (AvgIpc) is 3.24. The van der Waals surface area contributed by atoms with Crippen LogP contribution in [0.1, 0.15) is 94.1 Å². The van der Waals surface area contributed by atoms with Gasteiger partial charge in [-0.1, -0.05) is 83.5 Å². The van der Waals surface area contributed by atoms with Gasteiger partial charge in [0.25, 0.3) is 5.91 Å². The van der Waals surface area contributed by atoms with E-state index in [0.29, 0.717) is 12.4 Å². The first-order valence-electron chi connectivity index (χ1n) is 21.4. The van der Waals surface area contributed by atoms with Crippen LogP contribution in [0.25, 0.3) is 0 Å². The van der Waals surface area contributed by atoms with E-state index in [9.17, 15) is 33.6 Å². The Morgan fingerprint density at radius 1 is 0.919 bits per heavy atom. The van der Waals surface area contributed by atoms with E-state index in [0.717, 1.165) is 11.1 Å². The van der Waals surface area contributed by atoms with E-state index in [2.05, 4.69) is 16.0 Å². The lowest BCUT2D eigenvalue weighted by Gasteiger charge is -2.33. The number of amides is 5. The molecule has 2 rings (SSSR count). The molecule has 0 fully saturated rings. The molecule has 15 nitrogen and oxygen atoms in total. The van der Waals surface area contributed by atoms with E-state index in [4.69, 9.17) is 14.2 Å². The molecule has 0 saturated heterocycles. The van der Waals surface area contributed by atoms with Crippen LogP contribution in [0.4, 0.5) is 0 Å². The summed E-state index contributed by atoms with van der Waals surface area (Å²) in [5.41, 5.74) is 1.71. The molecule has 1 aliphatic heterocycles. The summed E-state index contributed by atoms with van der Waals surface area (Å²) in [6.07, 6.45) is 3.83. The molecule has 3 N–H and O–H groups in total. The van der Waals surface area contributed by atoms with Crippen LogP contribution in [-0.4, -0.2) is 127 Å². The third-order valence-corrected chi connectivity index (χ3v) is 11.6. The fraction of sp³-hybridized carbons (Fsp3) is 0.630. The molecular weight excluding hydrogens is 815 g/mol. The summed E-state index contributed by atoms with van der Waals surface area (Å²) in [6, 6.07) is 4.65. The van der Waals surface area contributed by atoms with Crippen LogP contribution in [0.5, 0.6) is 0 Å². The van der Waals surface area contributed by atoms with Gasteiger partial charge in [-0.15, -0.1) is 11.8 Å². The minimum absolute atomic E-state index is 0.0614. The SMILES string of the molecule is C/C=C(\C)[C@H]1OC(=O)[C@@H](C)NC(=O)[C@H](C(C)CC)NC(=O)CN(C)C(=O)[C@@H](Cc2ccccc2)N(C)C(=O)[C@H](C)NC(=O)C(CC(C)C)OC(=O)/C(C)=C/C[C@H](OCSC)[C@@H]1C. The van der Waals surface area contributed by atoms with Gasteiger partial charge >= 0.3 is 11.9 Å². The van der Waals surface area contributed by atoms with Crippen LogP contribution in [0, 0.1) is 17.8 Å². The largest absolute Gasteiger partial charge is 0.456 e. The summed E-state index contributed by atoms with van der Waals surface area (Å²) in [5, 5.41) is 8.17. The zero-order valence-corrected chi connectivity index (χ0v) is 39.8. The molecule has 62 heavy (non-hydrogen) atoms. The zero-order chi connectivity index (χ0) is 46.8. The summed E-state index contributed by atoms with van der Waals surface area (Å²) < 4.78 is 18.1. The predicted octanol–water partition coefficient (Wildman–Crippen LogP) is 4.58. The van der Waals surface area contributed by atoms with Crippen molar-refractivity contribution in [1.82, 2.24) is 25.8 Å². The van der Waals surface area contributed by atoms with Crippen molar-refractivity contribution < 1.29 is 47.8 Å². The van der Waals surface area contributed by atoms with Crippen LogP contribution >= 0.6 is 11.8 Å². The number of allylic oxidation sites excluding steroid dienone is 1. The van der Waals surface area contributed by atoms with Gasteiger partial charge in [0, 0.05) is 32.0 Å². The van der Waals surface area contributed by atoms with E-state index >= 15 is 0 Å². The van der Waals surface area contributed by atoms with Gasteiger partial charge < -0.3 is 40.0 Å². The molecule has 0 spiro atoms. The molecule has 9 atom stereocenters. The lowest BCUT2D eigenvalue weighted by Crippen LogP contribution is -2.57. The number of cyclic esters (lactones) is 2. The number of benzene rings is 1. The fourth-order valence-electron chi connectivity index (χ4n) is 6.91. The second-order valence-electron chi connectivity index (χ2n) is 16.7. The number of carbonyl (C=O) groups excluding carboxylic acids is 7. The molecule has 1 aromatic rings. The fourth-order valence-corrected chi connectivity index (χ4v) is 7.22. The number of hydrogen-bond donors (Lipinski definition) is 3. The minimum atomic E-state index is -1.23. The molecule has 1 heterocycles. The highest BCUT2D eigenvalue weighted by Gasteiger charge is 2.37. The number of nitrogens with one attached hydrogen (secondary N) is 3. The Labute approximate surface area is 372 Å². The molecule has 0 bridgehead atoms. The zero-order valence-electron chi connectivity index (χ0n) is 38.9. The van der Waals surface area contributed by atoms with E-state index in [1.54, 1.807) is 32.1 Å². The molecule has 0 aromatic heterocycles. The highest BCUT2D eigenvalue weighted by atomic mass is 32.2. The predicted molar refractivity (Wildman–Crippen MR) is 240 cm³/mol. The highest BCUT2D eigenvalue weighted by molar-refractivity contribution is 7.98. The van der Waals surface area contributed by atoms with Crippen molar-refractivity contribution in [2.24, 2.45) is 17.8 Å². The Bertz CT molecular complexity index is 1750. The molecule has 5 amide bonds. The van der Waals surface area contributed by atoms with Gasteiger partial charge in [-0.2, -0.15) is 0 Å². The van der Waals surface area contributed by atoms with Crippen LogP contribution in [0.15, 0.2) is 53.6 Å². The number of thioether (sulfide) groups is 1. The van der Waals surface area contributed by atoms with Gasteiger partial charge in [-0.3, -0.25) is 24.0 Å². The van der Waals surface area contributed by atoms with Crippen molar-refractivity contribution in [2.45, 2.75) is 137 Å². The van der Waals surface area contributed by atoms with E-state index in [1.165, 1.54) is 49.5 Å². The van der Waals surface area contributed by atoms with Crippen molar-refractivity contribution in [1.29, 1.82) is 0 Å². The first-order valence-corrected chi connectivity index (χ1v) is 22.8. The van der Waals surface area contributed by atoms with Crippen LogP contribution in [0.3, 0.4) is 0 Å². The molecule has 0 aliphatic carbocycles. The Morgan fingerprint density at radius 3 is 2.13 bits per heavy atom. The topological polar surface area (TPSA) is 190 Å². The lowest BCUT2D eigenvalue weighted by molar-refractivity contribution is -0.155. The van der Waals surface area contributed by atoms with Gasteiger partial charge in [-0.05, 0) is 76.7 Å². The average molecular weight is 886 g/mol. The molecule has 0 saturated carbocycles. The van der Waals surface area contributed by atoms with E-state index in [1.807, 2.05) is 72.1 Å². The number of nitrogens with zero attached hydrogens (tertiary/aromatic N) is 2. The van der Waals surface area contributed by atoms with Crippen molar-refractivity contribution >= 4 is 53.2 Å². The number of rotatable bonds is 10. The lowest BCUT2D eigenvalue weighted by atomic mass is 9.90. The minimum Gasteiger partial charge on any atom is -0.456 e. The van der Waals surface area contributed by atoms with Crippen molar-refractivity contribution in [3.63, 3.8) is 0 Å². The third-order valence-electron chi connectivity index (χ3n) is 11.2. The third kappa shape index (κ3) is 16.2. The quantitative estimate of drug-likeness (QED) is 0.170.